The van der Waals surface area contributed by atoms with Gasteiger partial charge in [-0.15, -0.1) is 11.3 Å². The van der Waals surface area contributed by atoms with Crippen LogP contribution in [0, 0.1) is 25.2 Å². The van der Waals surface area contributed by atoms with E-state index in [0.29, 0.717) is 12.1 Å². The summed E-state index contributed by atoms with van der Waals surface area (Å²) in [5.74, 6) is -0.801. The van der Waals surface area contributed by atoms with Gasteiger partial charge in [0, 0.05) is 18.0 Å². The number of aryl methyl sites for hydroxylation is 1. The quantitative estimate of drug-likeness (QED) is 0.832. The van der Waals surface area contributed by atoms with E-state index >= 15 is 0 Å². The first kappa shape index (κ1) is 15.5. The highest BCUT2D eigenvalue weighted by atomic mass is 32.1. The molecule has 0 bridgehead atoms. The number of hydrogen-bond donors (Lipinski definition) is 1. The topological polar surface area (TPSA) is 64.3 Å². The number of thiophene rings is 1. The maximum Gasteiger partial charge on any atom is 0.305 e. The number of carboxylic acids is 1. The number of carbonyl (C=O) groups is 1. The van der Waals surface area contributed by atoms with Crippen molar-refractivity contribution in [1.29, 1.82) is 5.26 Å². The van der Waals surface area contributed by atoms with Gasteiger partial charge in [-0.2, -0.15) is 5.26 Å². The first-order chi connectivity index (χ1) is 9.01. The number of unbranched alkanes of at least 4 members (excludes halogenated alkanes) is 1. The van der Waals surface area contributed by atoms with E-state index in [-0.39, 0.29) is 6.42 Å². The molecule has 0 aromatic carbocycles. The standard InChI is InChI=1S/C14H20N2O2S/c1-4-5-7-16(8-6-13(17)18)14-12(9-15)10(2)11(3)19-14/h4-8H2,1-3H3,(H,17,18). The lowest BCUT2D eigenvalue weighted by Crippen LogP contribution is -2.27. The fraction of sp³-hybridized carbons (Fsp3) is 0.571. The summed E-state index contributed by atoms with van der Waals surface area (Å²) in [7, 11) is 0. The van der Waals surface area contributed by atoms with Crippen LogP contribution >= 0.6 is 11.3 Å². The molecule has 1 N–H and O–H groups in total. The molecule has 0 aliphatic carbocycles. The highest BCUT2D eigenvalue weighted by Crippen LogP contribution is 2.35. The Labute approximate surface area is 118 Å². The molecule has 1 rings (SSSR count). The second-order valence-corrected chi connectivity index (χ2v) is 5.76. The van der Waals surface area contributed by atoms with Crippen molar-refractivity contribution in [1.82, 2.24) is 0 Å². The number of rotatable bonds is 7. The van der Waals surface area contributed by atoms with E-state index in [0.717, 1.165) is 34.8 Å². The molecule has 0 atom stereocenters. The van der Waals surface area contributed by atoms with Gasteiger partial charge in [0.05, 0.1) is 12.0 Å². The molecule has 4 nitrogen and oxygen atoms in total. The summed E-state index contributed by atoms with van der Waals surface area (Å²) in [6.45, 7) is 7.31. The summed E-state index contributed by atoms with van der Waals surface area (Å²) in [5.41, 5.74) is 1.71. The minimum atomic E-state index is -0.801. The molecule has 0 amide bonds. The van der Waals surface area contributed by atoms with Gasteiger partial charge in [0.25, 0.3) is 0 Å². The Hall–Kier alpha value is -1.54. The highest BCUT2D eigenvalue weighted by Gasteiger charge is 2.18. The molecule has 0 saturated carbocycles. The van der Waals surface area contributed by atoms with Crippen LogP contribution in [-0.4, -0.2) is 24.2 Å². The maximum atomic E-state index is 10.7. The third kappa shape index (κ3) is 3.97. The van der Waals surface area contributed by atoms with Crippen LogP contribution in [0.1, 0.15) is 42.2 Å². The van der Waals surface area contributed by atoms with Gasteiger partial charge in [-0.1, -0.05) is 13.3 Å². The number of hydrogen-bond acceptors (Lipinski definition) is 4. The SMILES string of the molecule is CCCCN(CCC(=O)O)c1sc(C)c(C)c1C#N. The van der Waals surface area contributed by atoms with E-state index < -0.39 is 5.97 Å². The number of carboxylic acid groups (broad SMARTS) is 1. The molecular formula is C14H20N2O2S. The van der Waals surface area contributed by atoms with Crippen LogP contribution < -0.4 is 4.90 Å². The Morgan fingerprint density at radius 1 is 1.42 bits per heavy atom. The van der Waals surface area contributed by atoms with Gasteiger partial charge in [0.2, 0.25) is 0 Å². The van der Waals surface area contributed by atoms with Crippen LogP contribution in [-0.2, 0) is 4.79 Å². The van der Waals surface area contributed by atoms with Gasteiger partial charge in [0.1, 0.15) is 11.1 Å². The van der Waals surface area contributed by atoms with Gasteiger partial charge in [-0.3, -0.25) is 4.79 Å². The number of anilines is 1. The van der Waals surface area contributed by atoms with Gasteiger partial charge < -0.3 is 10.0 Å². The van der Waals surface area contributed by atoms with Crippen molar-refractivity contribution in [2.24, 2.45) is 0 Å². The van der Waals surface area contributed by atoms with Crippen LogP contribution in [0.3, 0.4) is 0 Å². The largest absolute Gasteiger partial charge is 0.481 e. The minimum Gasteiger partial charge on any atom is -0.481 e. The van der Waals surface area contributed by atoms with E-state index in [2.05, 4.69) is 13.0 Å². The molecule has 5 heteroatoms. The van der Waals surface area contributed by atoms with Crippen molar-refractivity contribution in [2.75, 3.05) is 18.0 Å². The predicted octanol–water partition coefficient (Wildman–Crippen LogP) is 3.32. The summed E-state index contributed by atoms with van der Waals surface area (Å²) < 4.78 is 0. The molecule has 104 valence electrons. The minimum absolute atomic E-state index is 0.102. The van der Waals surface area contributed by atoms with E-state index in [1.54, 1.807) is 11.3 Å². The van der Waals surface area contributed by atoms with Crippen molar-refractivity contribution in [3.63, 3.8) is 0 Å². The Morgan fingerprint density at radius 3 is 2.63 bits per heavy atom. The highest BCUT2D eigenvalue weighted by molar-refractivity contribution is 7.16. The Kier molecular flexibility index (Phi) is 5.84. The zero-order chi connectivity index (χ0) is 14.4. The number of nitriles is 1. The van der Waals surface area contributed by atoms with Crippen molar-refractivity contribution in [3.8, 4) is 6.07 Å². The fourth-order valence-corrected chi connectivity index (χ4v) is 3.02. The summed E-state index contributed by atoms with van der Waals surface area (Å²) in [6, 6.07) is 2.25. The van der Waals surface area contributed by atoms with E-state index in [9.17, 15) is 10.1 Å². The summed E-state index contributed by atoms with van der Waals surface area (Å²) in [5, 5.41) is 19.0. The average molecular weight is 280 g/mol. The second kappa shape index (κ2) is 7.15. The molecule has 0 unspecified atom stereocenters. The van der Waals surface area contributed by atoms with Crippen molar-refractivity contribution in [2.45, 2.75) is 40.0 Å². The molecule has 0 spiro atoms. The van der Waals surface area contributed by atoms with Gasteiger partial charge in [-0.05, 0) is 25.8 Å². The summed E-state index contributed by atoms with van der Waals surface area (Å²) >= 11 is 1.59. The van der Waals surface area contributed by atoms with E-state index in [1.807, 2.05) is 18.7 Å². The predicted molar refractivity (Wildman–Crippen MR) is 77.9 cm³/mol. The number of nitrogens with zero attached hydrogens (tertiary/aromatic N) is 2. The van der Waals surface area contributed by atoms with Crippen LogP contribution in [0.4, 0.5) is 5.00 Å². The van der Waals surface area contributed by atoms with Gasteiger partial charge in [-0.25, -0.2) is 0 Å². The van der Waals surface area contributed by atoms with Crippen molar-refractivity contribution >= 4 is 22.3 Å². The van der Waals surface area contributed by atoms with Crippen molar-refractivity contribution < 1.29 is 9.90 Å². The maximum absolute atomic E-state index is 10.7. The Morgan fingerprint density at radius 2 is 2.11 bits per heavy atom. The van der Waals surface area contributed by atoms with Gasteiger partial charge >= 0.3 is 5.97 Å². The van der Waals surface area contributed by atoms with E-state index in [1.165, 1.54) is 0 Å². The zero-order valence-corrected chi connectivity index (χ0v) is 12.5. The normalized spacial score (nSPS) is 10.2. The van der Waals surface area contributed by atoms with Gasteiger partial charge in [0.15, 0.2) is 0 Å². The number of aliphatic carboxylic acids is 1. The molecule has 0 aliphatic heterocycles. The van der Waals surface area contributed by atoms with Crippen LogP contribution in [0.15, 0.2) is 0 Å². The third-order valence-electron chi connectivity index (χ3n) is 3.14. The molecule has 0 saturated heterocycles. The fourth-order valence-electron chi connectivity index (χ4n) is 1.86. The molecule has 0 aliphatic rings. The molecule has 1 aromatic heterocycles. The van der Waals surface area contributed by atoms with Crippen LogP contribution in [0.2, 0.25) is 0 Å². The van der Waals surface area contributed by atoms with E-state index in [4.69, 9.17) is 5.11 Å². The monoisotopic (exact) mass is 280 g/mol. The summed E-state index contributed by atoms with van der Waals surface area (Å²) in [6.07, 6.45) is 2.15. The third-order valence-corrected chi connectivity index (χ3v) is 4.41. The average Bonchev–Trinajstić information content (AvgIpc) is 2.65. The Balaban J connectivity index is 2.99. The van der Waals surface area contributed by atoms with Crippen molar-refractivity contribution in [3.05, 3.63) is 16.0 Å². The lowest BCUT2D eigenvalue weighted by atomic mass is 10.1. The molecule has 19 heavy (non-hydrogen) atoms. The zero-order valence-electron chi connectivity index (χ0n) is 11.7. The molecule has 1 aromatic rings. The summed E-state index contributed by atoms with van der Waals surface area (Å²) in [4.78, 5) is 13.9. The first-order valence-electron chi connectivity index (χ1n) is 6.48. The lowest BCUT2D eigenvalue weighted by molar-refractivity contribution is -0.136. The molecule has 1 heterocycles. The molecular weight excluding hydrogens is 260 g/mol. The Bertz CT molecular complexity index is 488. The van der Waals surface area contributed by atoms with Crippen LogP contribution in [0.5, 0.6) is 0 Å². The first-order valence-corrected chi connectivity index (χ1v) is 7.29. The smallest absolute Gasteiger partial charge is 0.305 e. The van der Waals surface area contributed by atoms with Crippen LogP contribution in [0.25, 0.3) is 0 Å². The molecule has 0 fully saturated rings. The second-order valence-electron chi connectivity index (χ2n) is 4.56. The molecule has 0 radical (unpaired) electrons. The lowest BCUT2D eigenvalue weighted by Gasteiger charge is -2.22.